The summed E-state index contributed by atoms with van der Waals surface area (Å²) in [6.07, 6.45) is 7.36. The Morgan fingerprint density at radius 1 is 1.38 bits per heavy atom. The maximum atomic E-state index is 11.4. The molecule has 0 unspecified atom stereocenters. The second-order valence-electron chi connectivity index (χ2n) is 7.54. The van der Waals surface area contributed by atoms with Gasteiger partial charge >= 0.3 is 0 Å². The highest BCUT2D eigenvalue weighted by Gasteiger charge is 2.27. The summed E-state index contributed by atoms with van der Waals surface area (Å²) in [7, 11) is 0. The SMILES string of the molecule is CCCC[C@](C)(CNC(C)=O)Nc1nc(N)nc2cc(C3CC3)cnc12. The Morgan fingerprint density at radius 3 is 2.81 bits per heavy atom. The van der Waals surface area contributed by atoms with Crippen LogP contribution >= 0.6 is 0 Å². The highest BCUT2D eigenvalue weighted by Crippen LogP contribution is 2.40. The summed E-state index contributed by atoms with van der Waals surface area (Å²) < 4.78 is 0. The fourth-order valence-electron chi connectivity index (χ4n) is 3.15. The standard InChI is InChI=1S/C19H28N6O/c1-4-5-8-19(3,11-22-12(2)26)25-17-16-15(23-18(20)24-17)9-14(10-21-16)13-6-7-13/h9-10,13H,4-8,11H2,1-3H3,(H,22,26)(H3,20,23,24,25)/t19-/m1/s1. The quantitative estimate of drug-likeness (QED) is 0.671. The minimum absolute atomic E-state index is 0.0474. The number of unbranched alkanes of at least 4 members (excludes halogenated alkanes) is 1. The topological polar surface area (TPSA) is 106 Å². The first-order valence-electron chi connectivity index (χ1n) is 9.36. The van der Waals surface area contributed by atoms with Crippen LogP contribution in [0.15, 0.2) is 12.3 Å². The smallest absolute Gasteiger partial charge is 0.222 e. The van der Waals surface area contributed by atoms with Crippen LogP contribution in [0.25, 0.3) is 11.0 Å². The van der Waals surface area contributed by atoms with E-state index in [9.17, 15) is 4.79 Å². The molecule has 2 heterocycles. The van der Waals surface area contributed by atoms with Gasteiger partial charge in [-0.25, -0.2) is 4.98 Å². The van der Waals surface area contributed by atoms with Crippen molar-refractivity contribution in [1.29, 1.82) is 0 Å². The number of amides is 1. The first-order chi connectivity index (χ1) is 12.4. The Morgan fingerprint density at radius 2 is 2.15 bits per heavy atom. The molecule has 2 aromatic rings. The first kappa shape index (κ1) is 18.4. The molecule has 0 saturated heterocycles. The summed E-state index contributed by atoms with van der Waals surface area (Å²) >= 11 is 0. The summed E-state index contributed by atoms with van der Waals surface area (Å²) in [5.74, 6) is 1.41. The van der Waals surface area contributed by atoms with E-state index in [1.807, 2.05) is 6.20 Å². The van der Waals surface area contributed by atoms with Crippen LogP contribution in [0.4, 0.5) is 11.8 Å². The zero-order chi connectivity index (χ0) is 18.7. The van der Waals surface area contributed by atoms with Gasteiger partial charge in [-0.3, -0.25) is 9.78 Å². The average Bonchev–Trinajstić information content (AvgIpc) is 3.43. The lowest BCUT2D eigenvalue weighted by atomic mass is 9.94. The molecule has 1 aliphatic carbocycles. The molecule has 1 amide bonds. The molecule has 4 N–H and O–H groups in total. The van der Waals surface area contributed by atoms with Crippen LogP contribution in [0.2, 0.25) is 0 Å². The van der Waals surface area contributed by atoms with E-state index in [0.717, 1.165) is 24.8 Å². The van der Waals surface area contributed by atoms with Gasteiger partial charge in [0.15, 0.2) is 5.82 Å². The zero-order valence-corrected chi connectivity index (χ0v) is 15.8. The maximum absolute atomic E-state index is 11.4. The summed E-state index contributed by atoms with van der Waals surface area (Å²) in [4.78, 5) is 24.8. The Kier molecular flexibility index (Phi) is 5.25. The van der Waals surface area contributed by atoms with Crippen LogP contribution < -0.4 is 16.4 Å². The van der Waals surface area contributed by atoms with Crippen LogP contribution in [0.1, 0.15) is 64.4 Å². The number of hydrogen-bond acceptors (Lipinski definition) is 6. The van der Waals surface area contributed by atoms with E-state index in [-0.39, 0.29) is 17.4 Å². The van der Waals surface area contributed by atoms with E-state index in [1.165, 1.54) is 25.3 Å². The molecule has 3 rings (SSSR count). The van der Waals surface area contributed by atoms with Gasteiger partial charge in [-0.15, -0.1) is 0 Å². The van der Waals surface area contributed by atoms with Crippen LogP contribution in [0.5, 0.6) is 0 Å². The van der Waals surface area contributed by atoms with Gasteiger partial charge in [0.1, 0.15) is 5.52 Å². The number of nitrogen functional groups attached to an aromatic ring is 1. The predicted octanol–water partition coefficient (Wildman–Crippen LogP) is 2.98. The largest absolute Gasteiger partial charge is 0.368 e. The van der Waals surface area contributed by atoms with E-state index in [1.54, 1.807) is 0 Å². The second-order valence-corrected chi connectivity index (χ2v) is 7.54. The molecule has 0 aliphatic heterocycles. The van der Waals surface area contributed by atoms with Crippen LogP contribution in [0.3, 0.4) is 0 Å². The third kappa shape index (κ3) is 4.39. The molecule has 0 aromatic carbocycles. The average molecular weight is 356 g/mol. The van der Waals surface area contributed by atoms with E-state index in [0.29, 0.717) is 23.8 Å². The Balaban J connectivity index is 1.92. The number of carbonyl (C=O) groups is 1. The molecule has 2 aromatic heterocycles. The predicted molar refractivity (Wildman–Crippen MR) is 104 cm³/mol. The molecule has 1 saturated carbocycles. The molecule has 1 atom stereocenters. The number of nitrogens with zero attached hydrogens (tertiary/aromatic N) is 3. The highest BCUT2D eigenvalue weighted by molar-refractivity contribution is 5.86. The lowest BCUT2D eigenvalue weighted by molar-refractivity contribution is -0.119. The molecular formula is C19H28N6O. The molecule has 1 aliphatic rings. The van der Waals surface area contributed by atoms with Crippen molar-refractivity contribution in [3.63, 3.8) is 0 Å². The van der Waals surface area contributed by atoms with E-state index >= 15 is 0 Å². The number of pyridine rings is 1. The lowest BCUT2D eigenvalue weighted by Crippen LogP contribution is -2.46. The third-order valence-corrected chi connectivity index (χ3v) is 4.85. The zero-order valence-electron chi connectivity index (χ0n) is 15.8. The number of nitrogens with two attached hydrogens (primary N) is 1. The molecule has 7 heteroatoms. The summed E-state index contributed by atoms with van der Waals surface area (Å²) in [6, 6.07) is 2.07. The molecule has 0 bridgehead atoms. The molecule has 0 spiro atoms. The van der Waals surface area contributed by atoms with Crippen molar-refractivity contribution in [1.82, 2.24) is 20.3 Å². The van der Waals surface area contributed by atoms with Gasteiger partial charge in [-0.05, 0) is 43.7 Å². The van der Waals surface area contributed by atoms with Crippen molar-refractivity contribution in [2.45, 2.75) is 64.3 Å². The molecule has 140 valence electrons. The molecule has 1 fully saturated rings. The highest BCUT2D eigenvalue weighted by atomic mass is 16.1. The number of hydrogen-bond donors (Lipinski definition) is 3. The minimum atomic E-state index is -0.341. The number of fused-ring (bicyclic) bond motifs is 1. The van der Waals surface area contributed by atoms with Gasteiger partial charge in [0.2, 0.25) is 11.9 Å². The number of aromatic nitrogens is 3. The number of nitrogens with one attached hydrogen (secondary N) is 2. The van der Waals surface area contributed by atoms with Gasteiger partial charge in [0, 0.05) is 19.7 Å². The normalized spacial score (nSPS) is 16.3. The van der Waals surface area contributed by atoms with Crippen molar-refractivity contribution in [3.8, 4) is 0 Å². The van der Waals surface area contributed by atoms with E-state index in [4.69, 9.17) is 5.73 Å². The molecular weight excluding hydrogens is 328 g/mol. The summed E-state index contributed by atoms with van der Waals surface area (Å²) in [5.41, 5.74) is 8.31. The molecule has 0 radical (unpaired) electrons. The van der Waals surface area contributed by atoms with Crippen molar-refractivity contribution in [2.24, 2.45) is 0 Å². The first-order valence-corrected chi connectivity index (χ1v) is 9.36. The van der Waals surface area contributed by atoms with Crippen molar-refractivity contribution in [3.05, 3.63) is 17.8 Å². The Bertz CT molecular complexity index is 804. The van der Waals surface area contributed by atoms with Gasteiger partial charge in [0.25, 0.3) is 0 Å². The van der Waals surface area contributed by atoms with Gasteiger partial charge < -0.3 is 16.4 Å². The monoisotopic (exact) mass is 356 g/mol. The van der Waals surface area contributed by atoms with Crippen LogP contribution in [-0.4, -0.2) is 32.9 Å². The summed E-state index contributed by atoms with van der Waals surface area (Å²) in [5, 5.41) is 6.40. The maximum Gasteiger partial charge on any atom is 0.222 e. The number of anilines is 2. The molecule has 7 nitrogen and oxygen atoms in total. The van der Waals surface area contributed by atoms with Gasteiger partial charge in [-0.2, -0.15) is 4.98 Å². The van der Waals surface area contributed by atoms with Crippen LogP contribution in [-0.2, 0) is 4.79 Å². The minimum Gasteiger partial charge on any atom is -0.368 e. The van der Waals surface area contributed by atoms with Crippen molar-refractivity contribution in [2.75, 3.05) is 17.6 Å². The summed E-state index contributed by atoms with van der Waals surface area (Å²) in [6.45, 7) is 6.27. The van der Waals surface area contributed by atoms with Crippen molar-refractivity contribution < 1.29 is 4.79 Å². The third-order valence-electron chi connectivity index (χ3n) is 4.85. The fraction of sp³-hybridized carbons (Fsp3) is 0.579. The Hall–Kier alpha value is -2.44. The molecule has 26 heavy (non-hydrogen) atoms. The number of rotatable bonds is 8. The lowest BCUT2D eigenvalue weighted by Gasteiger charge is -2.32. The Labute approximate surface area is 154 Å². The van der Waals surface area contributed by atoms with Crippen LogP contribution in [0, 0.1) is 0 Å². The van der Waals surface area contributed by atoms with Crippen molar-refractivity contribution >= 4 is 28.7 Å². The number of carbonyl (C=O) groups excluding carboxylic acids is 1. The van der Waals surface area contributed by atoms with E-state index < -0.39 is 0 Å². The fourth-order valence-corrected chi connectivity index (χ4v) is 3.15. The van der Waals surface area contributed by atoms with Gasteiger partial charge in [-0.1, -0.05) is 19.8 Å². The van der Waals surface area contributed by atoms with Gasteiger partial charge in [0.05, 0.1) is 11.1 Å². The van der Waals surface area contributed by atoms with E-state index in [2.05, 4.69) is 45.5 Å². The second kappa shape index (κ2) is 7.43.